The molecule has 1 aromatic heterocycles. The fourth-order valence-electron chi connectivity index (χ4n) is 2.26. The van der Waals surface area contributed by atoms with Crippen molar-refractivity contribution in [2.45, 2.75) is 19.3 Å². The van der Waals surface area contributed by atoms with E-state index in [0.29, 0.717) is 17.1 Å². The first-order chi connectivity index (χ1) is 10.4. The molecule has 0 unspecified atom stereocenters. The summed E-state index contributed by atoms with van der Waals surface area (Å²) in [6, 6.07) is 8.08. The average molecular weight is 303 g/mol. The molecule has 0 spiro atoms. The van der Waals surface area contributed by atoms with Crippen molar-refractivity contribution in [1.29, 1.82) is 0 Å². The number of ether oxygens (including phenoxy) is 1. The number of carbonyl (C=O) groups is 1. The van der Waals surface area contributed by atoms with E-state index in [1.54, 1.807) is 38.3 Å². The number of carbonyl (C=O) groups excluding carboxylic acids is 1. The minimum Gasteiger partial charge on any atom is -0.502 e. The second-order valence-corrected chi connectivity index (χ2v) is 4.93. The van der Waals surface area contributed by atoms with E-state index < -0.39 is 23.0 Å². The molecule has 0 bridgehead atoms. The van der Waals surface area contributed by atoms with E-state index in [2.05, 4.69) is 0 Å². The predicted molar refractivity (Wildman–Crippen MR) is 80.0 cm³/mol. The lowest BCUT2D eigenvalue weighted by Crippen LogP contribution is -2.17. The Hall–Kier alpha value is -2.76. The molecular formula is C16H17NO5. The molecule has 6 nitrogen and oxygen atoms in total. The zero-order chi connectivity index (χ0) is 16.3. The third-order valence-corrected chi connectivity index (χ3v) is 3.31. The lowest BCUT2D eigenvalue weighted by atomic mass is 9.92. The summed E-state index contributed by atoms with van der Waals surface area (Å²) >= 11 is 0. The Morgan fingerprint density at radius 1 is 1.36 bits per heavy atom. The molecule has 22 heavy (non-hydrogen) atoms. The van der Waals surface area contributed by atoms with E-state index in [-0.39, 0.29) is 12.2 Å². The standard InChI is InChI=1S/C16H17NO5/c1-9-7-13(18)15(20)16(22-9)12(8-14(17)19)10-3-5-11(21-2)6-4-10/h3-7,12,20H,8H2,1-2H3,(H2,17,19)/t12-/m0/s1. The summed E-state index contributed by atoms with van der Waals surface area (Å²) in [6.45, 7) is 1.60. The van der Waals surface area contributed by atoms with Gasteiger partial charge >= 0.3 is 0 Å². The van der Waals surface area contributed by atoms with E-state index in [1.165, 1.54) is 6.07 Å². The van der Waals surface area contributed by atoms with Crippen molar-refractivity contribution >= 4 is 5.91 Å². The van der Waals surface area contributed by atoms with Crippen molar-refractivity contribution < 1.29 is 19.1 Å². The van der Waals surface area contributed by atoms with E-state index in [1.807, 2.05) is 0 Å². The van der Waals surface area contributed by atoms with Gasteiger partial charge in [0.25, 0.3) is 0 Å². The number of hydrogen-bond acceptors (Lipinski definition) is 5. The van der Waals surface area contributed by atoms with E-state index in [4.69, 9.17) is 14.9 Å². The van der Waals surface area contributed by atoms with Gasteiger partial charge in [0.05, 0.1) is 13.0 Å². The van der Waals surface area contributed by atoms with Crippen LogP contribution < -0.4 is 15.9 Å². The molecule has 1 amide bonds. The zero-order valence-corrected chi connectivity index (χ0v) is 12.3. The highest BCUT2D eigenvalue weighted by molar-refractivity contribution is 5.75. The lowest BCUT2D eigenvalue weighted by Gasteiger charge is -2.16. The van der Waals surface area contributed by atoms with Gasteiger partial charge in [0.1, 0.15) is 11.5 Å². The van der Waals surface area contributed by atoms with Crippen LogP contribution in [0.1, 0.15) is 29.4 Å². The van der Waals surface area contributed by atoms with Crippen LogP contribution in [-0.4, -0.2) is 18.1 Å². The SMILES string of the molecule is COc1ccc([C@H](CC(N)=O)c2oc(C)cc(=O)c2O)cc1. The molecule has 3 N–H and O–H groups in total. The summed E-state index contributed by atoms with van der Waals surface area (Å²) in [5.74, 6) is -0.681. The molecule has 0 saturated carbocycles. The van der Waals surface area contributed by atoms with E-state index in [0.717, 1.165) is 0 Å². The Labute approximate surface area is 127 Å². The van der Waals surface area contributed by atoms with Gasteiger partial charge in [-0.05, 0) is 24.6 Å². The van der Waals surface area contributed by atoms with Crippen LogP contribution in [0.3, 0.4) is 0 Å². The third-order valence-electron chi connectivity index (χ3n) is 3.31. The fraction of sp³-hybridized carbons (Fsp3) is 0.250. The van der Waals surface area contributed by atoms with Crippen LogP contribution in [0.2, 0.25) is 0 Å². The molecule has 2 rings (SSSR count). The first-order valence-corrected chi connectivity index (χ1v) is 6.68. The van der Waals surface area contributed by atoms with Crippen LogP contribution >= 0.6 is 0 Å². The minimum absolute atomic E-state index is 0.0361. The van der Waals surface area contributed by atoms with Crippen molar-refractivity contribution in [3.05, 3.63) is 57.6 Å². The molecule has 0 fully saturated rings. The quantitative estimate of drug-likeness (QED) is 0.874. The number of methoxy groups -OCH3 is 1. The molecule has 1 heterocycles. The van der Waals surface area contributed by atoms with Crippen LogP contribution in [-0.2, 0) is 4.79 Å². The second-order valence-electron chi connectivity index (χ2n) is 4.93. The molecule has 1 aromatic carbocycles. The van der Waals surface area contributed by atoms with Gasteiger partial charge in [0.15, 0.2) is 5.76 Å². The number of amides is 1. The molecule has 0 saturated heterocycles. The molecule has 0 radical (unpaired) electrons. The number of hydrogen-bond donors (Lipinski definition) is 2. The summed E-state index contributed by atoms with van der Waals surface area (Å²) in [5, 5.41) is 9.98. The molecule has 116 valence electrons. The monoisotopic (exact) mass is 303 g/mol. The van der Waals surface area contributed by atoms with Gasteiger partial charge < -0.3 is 20.0 Å². The number of aryl methyl sites for hydroxylation is 1. The van der Waals surface area contributed by atoms with Crippen LogP contribution in [0.15, 0.2) is 39.5 Å². The Morgan fingerprint density at radius 3 is 2.55 bits per heavy atom. The minimum atomic E-state index is -0.643. The first kappa shape index (κ1) is 15.6. The Balaban J connectivity index is 2.54. The third kappa shape index (κ3) is 3.28. The summed E-state index contributed by atoms with van der Waals surface area (Å²) in [4.78, 5) is 23.1. The Bertz CT molecular complexity index is 733. The average Bonchev–Trinajstić information content (AvgIpc) is 2.48. The van der Waals surface area contributed by atoms with Gasteiger partial charge in [-0.3, -0.25) is 9.59 Å². The first-order valence-electron chi connectivity index (χ1n) is 6.68. The molecular weight excluding hydrogens is 286 g/mol. The van der Waals surface area contributed by atoms with Crippen LogP contribution in [0.4, 0.5) is 0 Å². The number of primary amides is 1. The normalized spacial score (nSPS) is 11.9. The molecule has 0 aliphatic carbocycles. The van der Waals surface area contributed by atoms with Gasteiger partial charge in [-0.2, -0.15) is 0 Å². The molecule has 2 aromatic rings. The van der Waals surface area contributed by atoms with Gasteiger partial charge in [-0.25, -0.2) is 0 Å². The summed E-state index contributed by atoms with van der Waals surface area (Å²) in [5.41, 5.74) is 5.42. The van der Waals surface area contributed by atoms with E-state index >= 15 is 0 Å². The Kier molecular flexibility index (Phi) is 4.50. The van der Waals surface area contributed by atoms with Crippen molar-refractivity contribution in [2.75, 3.05) is 7.11 Å². The number of nitrogens with two attached hydrogens (primary N) is 1. The number of benzene rings is 1. The second kappa shape index (κ2) is 6.34. The zero-order valence-electron chi connectivity index (χ0n) is 12.3. The molecule has 1 atom stereocenters. The van der Waals surface area contributed by atoms with Gasteiger partial charge in [0, 0.05) is 12.5 Å². The topological polar surface area (TPSA) is 103 Å². The van der Waals surface area contributed by atoms with E-state index in [9.17, 15) is 14.7 Å². The maximum atomic E-state index is 11.7. The van der Waals surface area contributed by atoms with Crippen LogP contribution in [0.5, 0.6) is 11.5 Å². The van der Waals surface area contributed by atoms with Gasteiger partial charge in [-0.15, -0.1) is 0 Å². The maximum Gasteiger partial charge on any atom is 0.227 e. The summed E-state index contributed by atoms with van der Waals surface area (Å²) < 4.78 is 10.6. The van der Waals surface area contributed by atoms with Crippen molar-refractivity contribution in [2.24, 2.45) is 5.73 Å². The number of aromatic hydroxyl groups is 1. The van der Waals surface area contributed by atoms with Crippen LogP contribution in [0.25, 0.3) is 0 Å². The Morgan fingerprint density at radius 2 is 2.00 bits per heavy atom. The van der Waals surface area contributed by atoms with Crippen molar-refractivity contribution in [3.8, 4) is 11.5 Å². The van der Waals surface area contributed by atoms with Gasteiger partial charge in [-0.1, -0.05) is 12.1 Å². The highest BCUT2D eigenvalue weighted by Crippen LogP contribution is 2.33. The molecule has 0 aliphatic heterocycles. The highest BCUT2D eigenvalue weighted by atomic mass is 16.5. The lowest BCUT2D eigenvalue weighted by molar-refractivity contribution is -0.118. The van der Waals surface area contributed by atoms with Crippen molar-refractivity contribution in [3.63, 3.8) is 0 Å². The van der Waals surface area contributed by atoms with Crippen LogP contribution in [0, 0.1) is 6.92 Å². The van der Waals surface area contributed by atoms with Crippen molar-refractivity contribution in [1.82, 2.24) is 0 Å². The summed E-state index contributed by atoms with van der Waals surface area (Å²) in [7, 11) is 1.54. The highest BCUT2D eigenvalue weighted by Gasteiger charge is 2.24. The maximum absolute atomic E-state index is 11.7. The number of rotatable bonds is 5. The largest absolute Gasteiger partial charge is 0.502 e. The predicted octanol–water partition coefficient (Wildman–Crippen LogP) is 1.67. The van der Waals surface area contributed by atoms with Gasteiger partial charge in [0.2, 0.25) is 17.1 Å². The summed E-state index contributed by atoms with van der Waals surface area (Å²) in [6.07, 6.45) is -0.0910. The smallest absolute Gasteiger partial charge is 0.227 e. The molecule has 6 heteroatoms. The fourth-order valence-corrected chi connectivity index (χ4v) is 2.26. The molecule has 0 aliphatic rings.